The van der Waals surface area contributed by atoms with Gasteiger partial charge in [0.15, 0.2) is 5.76 Å². The van der Waals surface area contributed by atoms with Crippen LogP contribution in [0.25, 0.3) is 11.7 Å². The predicted octanol–water partition coefficient (Wildman–Crippen LogP) is 4.90. The number of nitrogens with one attached hydrogen (secondary N) is 1. The SMILES string of the molecule is Cc1ccccc1OCc1ccc(-c2nc(C#N)c(NCc3ccco3)o2)o1. The fourth-order valence-corrected chi connectivity index (χ4v) is 2.64. The normalized spacial score (nSPS) is 10.6. The largest absolute Gasteiger partial charge is 0.485 e. The molecule has 3 heterocycles. The Kier molecular flexibility index (Phi) is 4.85. The maximum absolute atomic E-state index is 9.29. The van der Waals surface area contributed by atoms with E-state index in [2.05, 4.69) is 10.3 Å². The van der Waals surface area contributed by atoms with Gasteiger partial charge in [-0.15, -0.1) is 0 Å². The van der Waals surface area contributed by atoms with Crippen LogP contribution in [0.2, 0.25) is 0 Å². The fourth-order valence-electron chi connectivity index (χ4n) is 2.64. The summed E-state index contributed by atoms with van der Waals surface area (Å²) in [6, 6.07) is 16.9. The van der Waals surface area contributed by atoms with Crippen molar-refractivity contribution in [2.75, 3.05) is 5.32 Å². The van der Waals surface area contributed by atoms with Gasteiger partial charge in [-0.05, 0) is 42.8 Å². The summed E-state index contributed by atoms with van der Waals surface area (Å²) in [6.07, 6.45) is 1.58. The van der Waals surface area contributed by atoms with Crippen LogP contribution in [0.15, 0.2) is 68.0 Å². The first-order valence-corrected chi connectivity index (χ1v) is 8.67. The Morgan fingerprint density at radius 3 is 2.75 bits per heavy atom. The number of aromatic nitrogens is 1. The topological polar surface area (TPSA) is 97.4 Å². The van der Waals surface area contributed by atoms with Crippen molar-refractivity contribution in [3.05, 3.63) is 77.6 Å². The van der Waals surface area contributed by atoms with Crippen LogP contribution in [-0.4, -0.2) is 4.98 Å². The van der Waals surface area contributed by atoms with Gasteiger partial charge >= 0.3 is 0 Å². The number of oxazole rings is 1. The van der Waals surface area contributed by atoms with E-state index < -0.39 is 0 Å². The quantitative estimate of drug-likeness (QED) is 0.490. The van der Waals surface area contributed by atoms with E-state index in [-0.39, 0.29) is 24.1 Å². The smallest absolute Gasteiger partial charge is 0.266 e. The van der Waals surface area contributed by atoms with Gasteiger partial charge in [0.1, 0.15) is 29.9 Å². The second kappa shape index (κ2) is 7.76. The summed E-state index contributed by atoms with van der Waals surface area (Å²) in [4.78, 5) is 4.19. The Labute approximate surface area is 161 Å². The van der Waals surface area contributed by atoms with Crippen molar-refractivity contribution in [1.29, 1.82) is 5.26 Å². The minimum Gasteiger partial charge on any atom is -0.485 e. The second-order valence-electron chi connectivity index (χ2n) is 6.06. The zero-order chi connectivity index (χ0) is 19.3. The Hall–Kier alpha value is -3.92. The average molecular weight is 375 g/mol. The van der Waals surface area contributed by atoms with Crippen molar-refractivity contribution < 1.29 is 18.0 Å². The number of rotatable bonds is 7. The van der Waals surface area contributed by atoms with Crippen molar-refractivity contribution in [2.45, 2.75) is 20.1 Å². The molecule has 0 atom stereocenters. The molecule has 1 N–H and O–H groups in total. The first-order chi connectivity index (χ1) is 13.7. The molecule has 4 rings (SSSR count). The van der Waals surface area contributed by atoms with Gasteiger partial charge in [-0.1, -0.05) is 18.2 Å². The summed E-state index contributed by atoms with van der Waals surface area (Å²) in [6.45, 7) is 2.64. The molecule has 0 unspecified atom stereocenters. The molecule has 0 radical (unpaired) electrons. The van der Waals surface area contributed by atoms with Crippen LogP contribution in [-0.2, 0) is 13.2 Å². The molecule has 1 aromatic carbocycles. The van der Waals surface area contributed by atoms with E-state index in [4.69, 9.17) is 18.0 Å². The summed E-state index contributed by atoms with van der Waals surface area (Å²) in [7, 11) is 0. The Morgan fingerprint density at radius 2 is 1.96 bits per heavy atom. The third-order valence-corrected chi connectivity index (χ3v) is 4.07. The van der Waals surface area contributed by atoms with E-state index in [1.54, 1.807) is 24.5 Å². The number of benzene rings is 1. The van der Waals surface area contributed by atoms with Crippen molar-refractivity contribution in [3.63, 3.8) is 0 Å². The standard InChI is InChI=1S/C21H17N3O4/c1-14-5-2-3-7-18(14)26-13-16-8-9-19(27-16)21-24-17(11-22)20(28-21)23-12-15-6-4-10-25-15/h2-10,23H,12-13H2,1H3. The zero-order valence-electron chi connectivity index (χ0n) is 15.1. The van der Waals surface area contributed by atoms with Crippen molar-refractivity contribution >= 4 is 5.88 Å². The molecule has 140 valence electrons. The molecule has 0 saturated heterocycles. The molecule has 0 spiro atoms. The lowest BCUT2D eigenvalue weighted by atomic mass is 10.2. The maximum Gasteiger partial charge on any atom is 0.266 e. The fraction of sp³-hybridized carbons (Fsp3) is 0.143. The molecule has 0 fully saturated rings. The average Bonchev–Trinajstić information content (AvgIpc) is 3.45. The molecule has 0 amide bonds. The highest BCUT2D eigenvalue weighted by molar-refractivity contribution is 5.54. The first-order valence-electron chi connectivity index (χ1n) is 8.67. The van der Waals surface area contributed by atoms with Gasteiger partial charge < -0.3 is 23.3 Å². The third-order valence-electron chi connectivity index (χ3n) is 4.07. The lowest BCUT2D eigenvalue weighted by molar-refractivity contribution is 0.269. The van der Waals surface area contributed by atoms with Gasteiger partial charge in [-0.2, -0.15) is 10.2 Å². The number of nitriles is 1. The number of hydrogen-bond donors (Lipinski definition) is 1. The Morgan fingerprint density at radius 1 is 1.07 bits per heavy atom. The van der Waals surface area contributed by atoms with Gasteiger partial charge in [-0.3, -0.25) is 0 Å². The Bertz CT molecular complexity index is 1100. The highest BCUT2D eigenvalue weighted by atomic mass is 16.5. The highest BCUT2D eigenvalue weighted by Gasteiger charge is 2.17. The summed E-state index contributed by atoms with van der Waals surface area (Å²) in [5.74, 6) is 3.05. The van der Waals surface area contributed by atoms with Crippen molar-refractivity contribution in [1.82, 2.24) is 4.98 Å². The molecular weight excluding hydrogens is 358 g/mol. The molecule has 3 aromatic heterocycles. The lowest BCUT2D eigenvalue weighted by Gasteiger charge is -2.06. The molecule has 0 aliphatic heterocycles. The van der Waals surface area contributed by atoms with Gasteiger partial charge in [0.25, 0.3) is 5.89 Å². The molecule has 7 nitrogen and oxygen atoms in total. The molecular formula is C21H17N3O4. The summed E-state index contributed by atoms with van der Waals surface area (Å²) >= 11 is 0. The molecule has 0 saturated carbocycles. The van der Waals surface area contributed by atoms with E-state index in [1.165, 1.54) is 0 Å². The minimum absolute atomic E-state index is 0.149. The van der Waals surface area contributed by atoms with Gasteiger partial charge in [-0.25, -0.2) is 0 Å². The van der Waals surface area contributed by atoms with E-state index in [1.807, 2.05) is 43.3 Å². The van der Waals surface area contributed by atoms with Crippen LogP contribution < -0.4 is 10.1 Å². The van der Waals surface area contributed by atoms with Crippen LogP contribution in [0.3, 0.4) is 0 Å². The number of hydrogen-bond acceptors (Lipinski definition) is 7. The van der Waals surface area contributed by atoms with Gasteiger partial charge in [0.05, 0.1) is 12.8 Å². The predicted molar refractivity (Wildman–Crippen MR) is 100 cm³/mol. The molecule has 0 aliphatic rings. The van der Waals surface area contributed by atoms with Gasteiger partial charge in [0, 0.05) is 0 Å². The maximum atomic E-state index is 9.29. The van der Waals surface area contributed by atoms with Gasteiger partial charge in [0.2, 0.25) is 11.6 Å². The van der Waals surface area contributed by atoms with Crippen molar-refractivity contribution in [3.8, 4) is 23.5 Å². The van der Waals surface area contributed by atoms with Crippen LogP contribution >= 0.6 is 0 Å². The second-order valence-corrected chi connectivity index (χ2v) is 6.06. The number of ether oxygens (including phenoxy) is 1. The Balaban J connectivity index is 1.46. The zero-order valence-corrected chi connectivity index (χ0v) is 15.1. The van der Waals surface area contributed by atoms with Crippen molar-refractivity contribution in [2.24, 2.45) is 0 Å². The molecule has 4 aromatic rings. The van der Waals surface area contributed by atoms with Crippen LogP contribution in [0.1, 0.15) is 22.8 Å². The summed E-state index contributed by atoms with van der Waals surface area (Å²) < 4.78 is 22.5. The van der Waals surface area contributed by atoms with E-state index in [9.17, 15) is 5.26 Å². The van der Waals surface area contributed by atoms with E-state index in [0.29, 0.717) is 18.1 Å². The number of para-hydroxylation sites is 1. The molecule has 0 aliphatic carbocycles. The lowest BCUT2D eigenvalue weighted by Crippen LogP contribution is -1.98. The minimum atomic E-state index is 0.149. The number of nitrogens with zero attached hydrogens (tertiary/aromatic N) is 2. The third kappa shape index (κ3) is 3.76. The monoisotopic (exact) mass is 375 g/mol. The van der Waals surface area contributed by atoms with Crippen LogP contribution in [0, 0.1) is 18.3 Å². The number of anilines is 1. The molecule has 0 bridgehead atoms. The van der Waals surface area contributed by atoms with Crippen LogP contribution in [0.4, 0.5) is 5.88 Å². The number of aryl methyl sites for hydroxylation is 1. The first kappa shape index (κ1) is 17.5. The summed E-state index contributed by atoms with van der Waals surface area (Å²) in [5, 5.41) is 12.3. The van der Waals surface area contributed by atoms with E-state index >= 15 is 0 Å². The number of furan rings is 2. The van der Waals surface area contributed by atoms with Crippen LogP contribution in [0.5, 0.6) is 5.75 Å². The van der Waals surface area contributed by atoms with E-state index in [0.717, 1.165) is 17.1 Å². The summed E-state index contributed by atoms with van der Waals surface area (Å²) in [5.41, 5.74) is 1.20. The molecule has 28 heavy (non-hydrogen) atoms. The highest BCUT2D eigenvalue weighted by Crippen LogP contribution is 2.28. The molecule has 7 heteroatoms.